The van der Waals surface area contributed by atoms with Gasteiger partial charge in [0.2, 0.25) is 0 Å². The van der Waals surface area contributed by atoms with E-state index in [1.807, 2.05) is 6.92 Å². The third kappa shape index (κ3) is 4.29. The predicted octanol–water partition coefficient (Wildman–Crippen LogP) is 4.06. The van der Waals surface area contributed by atoms with Crippen LogP contribution in [-0.4, -0.2) is 18.3 Å². The number of hydrogen-bond donors (Lipinski definition) is 0. The predicted molar refractivity (Wildman–Crippen MR) is 68.0 cm³/mol. The molecule has 100 valence electrons. The van der Waals surface area contributed by atoms with Gasteiger partial charge in [-0.2, -0.15) is 8.78 Å². The molecule has 1 aromatic carbocycles. The van der Waals surface area contributed by atoms with Gasteiger partial charge in [0.15, 0.2) is 0 Å². The maximum atomic E-state index is 12.2. The third-order valence-corrected chi connectivity index (χ3v) is 3.21. The molecule has 0 amide bonds. The molecule has 0 bridgehead atoms. The quantitative estimate of drug-likeness (QED) is 0.578. The van der Waals surface area contributed by atoms with Crippen LogP contribution in [0, 0.1) is 0 Å². The number of halogens is 2. The van der Waals surface area contributed by atoms with Gasteiger partial charge < -0.3 is 4.74 Å². The third-order valence-electron chi connectivity index (χ3n) is 2.49. The lowest BCUT2D eigenvalue weighted by Gasteiger charge is -2.14. The highest BCUT2D eigenvalue weighted by Gasteiger charge is 2.19. The van der Waals surface area contributed by atoms with Crippen LogP contribution in [-0.2, 0) is 9.53 Å². The van der Waals surface area contributed by atoms with Crippen molar-refractivity contribution in [2.75, 3.05) is 6.61 Å². The monoisotopic (exact) mass is 274 g/mol. The summed E-state index contributed by atoms with van der Waals surface area (Å²) in [4.78, 5) is 12.2. The molecule has 0 fully saturated rings. The van der Waals surface area contributed by atoms with Crippen molar-refractivity contribution in [2.24, 2.45) is 0 Å². The number of thioether (sulfide) groups is 1. The molecular formula is C13H16F2O2S. The van der Waals surface area contributed by atoms with E-state index in [0.29, 0.717) is 29.7 Å². The van der Waals surface area contributed by atoms with Crippen LogP contribution in [0.15, 0.2) is 29.2 Å². The number of carbonyl (C=O) groups excluding carboxylic acids is 1. The number of hydrogen-bond acceptors (Lipinski definition) is 3. The van der Waals surface area contributed by atoms with E-state index in [9.17, 15) is 13.6 Å². The van der Waals surface area contributed by atoms with E-state index in [1.54, 1.807) is 31.2 Å². The van der Waals surface area contributed by atoms with Gasteiger partial charge in [-0.1, -0.05) is 30.8 Å². The number of benzene rings is 1. The minimum absolute atomic E-state index is 0.269. The first-order valence-electron chi connectivity index (χ1n) is 5.79. The molecule has 0 N–H and O–H groups in total. The van der Waals surface area contributed by atoms with Crippen molar-refractivity contribution < 1.29 is 18.3 Å². The standard InChI is InChI=1S/C13H16F2O2S/c1-3-11(12(16)17-4-2)9-5-7-10(8-6-9)18-13(14)15/h5-8,11,13H,3-4H2,1-2H3. The van der Waals surface area contributed by atoms with Crippen LogP contribution in [0.5, 0.6) is 0 Å². The second-order valence-electron chi connectivity index (χ2n) is 3.66. The molecule has 0 saturated heterocycles. The molecule has 0 spiro atoms. The minimum Gasteiger partial charge on any atom is -0.466 e. The fraction of sp³-hybridized carbons (Fsp3) is 0.462. The summed E-state index contributed by atoms with van der Waals surface area (Å²) in [6.07, 6.45) is 0.625. The van der Waals surface area contributed by atoms with Gasteiger partial charge in [0.1, 0.15) is 0 Å². The molecule has 0 saturated carbocycles. The Balaban J connectivity index is 2.78. The molecule has 1 unspecified atom stereocenters. The summed E-state index contributed by atoms with van der Waals surface area (Å²) in [5.41, 5.74) is 0.801. The zero-order valence-corrected chi connectivity index (χ0v) is 11.2. The fourth-order valence-corrected chi connectivity index (χ4v) is 2.16. The van der Waals surface area contributed by atoms with Crippen LogP contribution < -0.4 is 0 Å². The summed E-state index contributed by atoms with van der Waals surface area (Å²) in [7, 11) is 0. The van der Waals surface area contributed by atoms with Crippen LogP contribution in [0.25, 0.3) is 0 Å². The lowest BCUT2D eigenvalue weighted by molar-refractivity contribution is -0.145. The first-order chi connectivity index (χ1) is 8.58. The van der Waals surface area contributed by atoms with Gasteiger partial charge in [-0.15, -0.1) is 0 Å². The van der Waals surface area contributed by atoms with Gasteiger partial charge in [-0.25, -0.2) is 0 Å². The van der Waals surface area contributed by atoms with Crippen LogP contribution in [0.2, 0.25) is 0 Å². The Bertz CT molecular complexity index is 379. The Morgan fingerprint density at radius 3 is 2.33 bits per heavy atom. The average Bonchev–Trinajstić information content (AvgIpc) is 2.32. The molecule has 0 aliphatic heterocycles. The second kappa shape index (κ2) is 7.36. The molecule has 0 aromatic heterocycles. The van der Waals surface area contributed by atoms with Crippen molar-refractivity contribution in [3.8, 4) is 0 Å². The van der Waals surface area contributed by atoms with Crippen molar-refractivity contribution in [1.82, 2.24) is 0 Å². The number of rotatable bonds is 6. The Morgan fingerprint density at radius 1 is 1.28 bits per heavy atom. The summed E-state index contributed by atoms with van der Waals surface area (Å²) < 4.78 is 29.3. The molecule has 1 rings (SSSR count). The normalized spacial score (nSPS) is 12.5. The summed E-state index contributed by atoms with van der Waals surface area (Å²) in [5.74, 6) is -3.02. The van der Waals surface area contributed by atoms with Crippen molar-refractivity contribution in [1.29, 1.82) is 0 Å². The van der Waals surface area contributed by atoms with E-state index in [1.165, 1.54) is 0 Å². The Labute approximate surface area is 110 Å². The van der Waals surface area contributed by atoms with Crippen LogP contribution in [0.1, 0.15) is 31.7 Å². The number of carbonyl (C=O) groups is 1. The van der Waals surface area contributed by atoms with E-state index < -0.39 is 5.76 Å². The SMILES string of the molecule is CCOC(=O)C(CC)c1ccc(SC(F)F)cc1. The van der Waals surface area contributed by atoms with E-state index in [4.69, 9.17) is 4.74 Å². The average molecular weight is 274 g/mol. The summed E-state index contributed by atoms with van der Waals surface area (Å²) in [6.45, 7) is 3.99. The van der Waals surface area contributed by atoms with Gasteiger partial charge in [-0.3, -0.25) is 4.79 Å². The second-order valence-corrected chi connectivity index (χ2v) is 4.72. The first-order valence-corrected chi connectivity index (χ1v) is 6.67. The lowest BCUT2D eigenvalue weighted by Crippen LogP contribution is -2.15. The molecule has 0 radical (unpaired) electrons. The highest BCUT2D eigenvalue weighted by Crippen LogP contribution is 2.28. The van der Waals surface area contributed by atoms with Gasteiger partial charge in [0, 0.05) is 4.90 Å². The molecule has 0 aliphatic carbocycles. The van der Waals surface area contributed by atoms with Gasteiger partial charge >= 0.3 is 5.97 Å². The maximum absolute atomic E-state index is 12.2. The highest BCUT2D eigenvalue weighted by molar-refractivity contribution is 7.99. The molecule has 5 heteroatoms. The molecule has 18 heavy (non-hydrogen) atoms. The van der Waals surface area contributed by atoms with E-state index >= 15 is 0 Å². The minimum atomic E-state index is -2.43. The summed E-state index contributed by atoms with van der Waals surface area (Å²) in [6, 6.07) is 6.62. The van der Waals surface area contributed by atoms with Crippen LogP contribution in [0.4, 0.5) is 8.78 Å². The van der Waals surface area contributed by atoms with Crippen molar-refractivity contribution in [3.05, 3.63) is 29.8 Å². The largest absolute Gasteiger partial charge is 0.466 e. The smallest absolute Gasteiger partial charge is 0.313 e. The van der Waals surface area contributed by atoms with Gasteiger partial charge in [0.05, 0.1) is 12.5 Å². The molecule has 1 aromatic rings. The summed E-state index contributed by atoms with van der Waals surface area (Å²) in [5, 5.41) is 0. The number of alkyl halides is 2. The van der Waals surface area contributed by atoms with Gasteiger partial charge in [0.25, 0.3) is 5.76 Å². The Hall–Kier alpha value is -1.10. The van der Waals surface area contributed by atoms with E-state index in [2.05, 4.69) is 0 Å². The first kappa shape index (κ1) is 15.0. The van der Waals surface area contributed by atoms with Crippen molar-refractivity contribution in [3.63, 3.8) is 0 Å². The van der Waals surface area contributed by atoms with Crippen molar-refractivity contribution >= 4 is 17.7 Å². The number of esters is 1. The molecule has 2 nitrogen and oxygen atoms in total. The van der Waals surface area contributed by atoms with E-state index in [-0.39, 0.29) is 11.9 Å². The molecule has 0 heterocycles. The molecule has 1 atom stereocenters. The topological polar surface area (TPSA) is 26.3 Å². The van der Waals surface area contributed by atoms with Crippen LogP contribution in [0.3, 0.4) is 0 Å². The molecule has 0 aliphatic rings. The maximum Gasteiger partial charge on any atom is 0.313 e. The lowest BCUT2D eigenvalue weighted by atomic mass is 9.97. The molecular weight excluding hydrogens is 258 g/mol. The Morgan fingerprint density at radius 2 is 1.89 bits per heavy atom. The Kier molecular flexibility index (Phi) is 6.12. The van der Waals surface area contributed by atoms with Crippen molar-refractivity contribution in [2.45, 2.75) is 36.8 Å². The fourth-order valence-electron chi connectivity index (χ4n) is 1.66. The van der Waals surface area contributed by atoms with Gasteiger partial charge in [-0.05, 0) is 31.0 Å². The number of ether oxygens (including phenoxy) is 1. The van der Waals surface area contributed by atoms with E-state index in [0.717, 1.165) is 5.56 Å². The summed E-state index contributed by atoms with van der Waals surface area (Å²) >= 11 is 0.496. The zero-order valence-electron chi connectivity index (χ0n) is 10.4. The van der Waals surface area contributed by atoms with Crippen LogP contribution >= 0.6 is 11.8 Å². The highest BCUT2D eigenvalue weighted by atomic mass is 32.2. The zero-order chi connectivity index (χ0) is 13.5.